The Morgan fingerprint density at radius 2 is 1.83 bits per heavy atom. The number of nitrogens with one attached hydrogen (secondary N) is 1. The van der Waals surface area contributed by atoms with Crippen LogP contribution in [0.1, 0.15) is 44.1 Å². The van der Waals surface area contributed by atoms with E-state index >= 15 is 0 Å². The van der Waals surface area contributed by atoms with E-state index in [0.29, 0.717) is 36.4 Å². The molecular weight excluding hydrogens is 376 g/mol. The minimum Gasteiger partial charge on any atom is -0.339 e. The molecule has 6 heteroatoms. The van der Waals surface area contributed by atoms with E-state index in [2.05, 4.69) is 15.1 Å². The Balaban J connectivity index is 1.12. The zero-order valence-electron chi connectivity index (χ0n) is 17.8. The molecule has 1 N–H and O–H groups in total. The molecule has 3 atom stereocenters. The normalized spacial score (nSPS) is 30.1. The van der Waals surface area contributed by atoms with Crippen LogP contribution in [0, 0.1) is 11.8 Å². The summed E-state index contributed by atoms with van der Waals surface area (Å²) >= 11 is 0. The lowest BCUT2D eigenvalue weighted by atomic mass is 9.75. The Morgan fingerprint density at radius 1 is 1.03 bits per heavy atom. The SMILES string of the molecule is O=C(NCc1ccccc1)N1CCC(N2CC3CC(C2)[C@H]2CCCC(=O)N2C3)CC1. The van der Waals surface area contributed by atoms with E-state index in [1.165, 1.54) is 12.8 Å². The first-order chi connectivity index (χ1) is 14.7. The predicted molar refractivity (Wildman–Crippen MR) is 116 cm³/mol. The largest absolute Gasteiger partial charge is 0.339 e. The molecule has 1 aromatic rings. The van der Waals surface area contributed by atoms with Crippen LogP contribution in [0.25, 0.3) is 0 Å². The molecule has 3 amide bonds. The van der Waals surface area contributed by atoms with Gasteiger partial charge in [0.2, 0.25) is 5.91 Å². The zero-order valence-corrected chi connectivity index (χ0v) is 17.8. The molecule has 6 nitrogen and oxygen atoms in total. The maximum absolute atomic E-state index is 12.6. The Morgan fingerprint density at radius 3 is 2.63 bits per heavy atom. The standard InChI is InChI=1S/C24H34N4O2/c29-23-8-4-7-22-20-13-19(16-28(22)23)15-27(17-20)21-9-11-26(12-10-21)24(30)25-14-18-5-2-1-3-6-18/h1-3,5-6,19-22H,4,7-17H2,(H,25,30)/t19?,20?,22-/m1/s1. The zero-order chi connectivity index (χ0) is 20.5. The molecule has 4 aliphatic heterocycles. The second kappa shape index (κ2) is 8.58. The lowest BCUT2D eigenvalue weighted by Gasteiger charge is -2.54. The highest BCUT2D eigenvalue weighted by Crippen LogP contribution is 2.39. The highest BCUT2D eigenvalue weighted by atomic mass is 16.2. The number of amides is 3. The fourth-order valence-corrected chi connectivity index (χ4v) is 6.27. The number of nitrogens with zero attached hydrogens (tertiary/aromatic N) is 3. The Hall–Kier alpha value is -2.08. The van der Waals surface area contributed by atoms with Crippen molar-refractivity contribution in [3.8, 4) is 0 Å². The third kappa shape index (κ3) is 4.07. The van der Waals surface area contributed by atoms with Gasteiger partial charge in [0, 0.05) is 57.8 Å². The maximum Gasteiger partial charge on any atom is 0.317 e. The van der Waals surface area contributed by atoms with Crippen LogP contribution in [0.3, 0.4) is 0 Å². The summed E-state index contributed by atoms with van der Waals surface area (Å²) in [4.78, 5) is 31.8. The average Bonchev–Trinajstić information content (AvgIpc) is 2.79. The minimum atomic E-state index is 0.0594. The maximum atomic E-state index is 12.6. The molecule has 30 heavy (non-hydrogen) atoms. The second-order valence-electron chi connectivity index (χ2n) is 9.68. The van der Waals surface area contributed by atoms with Crippen LogP contribution in [0.2, 0.25) is 0 Å². The third-order valence-electron chi connectivity index (χ3n) is 7.76. The molecule has 162 valence electrons. The lowest BCUT2D eigenvalue weighted by Crippen LogP contribution is -2.62. The van der Waals surface area contributed by atoms with Crippen LogP contribution in [0.4, 0.5) is 4.79 Å². The monoisotopic (exact) mass is 410 g/mol. The van der Waals surface area contributed by atoms with Crippen molar-refractivity contribution in [3.05, 3.63) is 35.9 Å². The molecule has 0 radical (unpaired) electrons. The van der Waals surface area contributed by atoms with Gasteiger partial charge >= 0.3 is 6.03 Å². The van der Waals surface area contributed by atoms with Crippen LogP contribution in [-0.2, 0) is 11.3 Å². The smallest absolute Gasteiger partial charge is 0.317 e. The van der Waals surface area contributed by atoms with Crippen molar-refractivity contribution in [2.24, 2.45) is 11.8 Å². The number of carbonyl (C=O) groups excluding carboxylic acids is 2. The van der Waals surface area contributed by atoms with E-state index in [1.54, 1.807) is 0 Å². The van der Waals surface area contributed by atoms with Crippen LogP contribution in [0.5, 0.6) is 0 Å². The number of hydrogen-bond donors (Lipinski definition) is 1. The number of urea groups is 1. The molecule has 0 saturated carbocycles. The fraction of sp³-hybridized carbons (Fsp3) is 0.667. The summed E-state index contributed by atoms with van der Waals surface area (Å²) in [5, 5.41) is 3.07. The first-order valence-electron chi connectivity index (χ1n) is 11.8. The van der Waals surface area contributed by atoms with E-state index in [9.17, 15) is 9.59 Å². The molecule has 1 aromatic carbocycles. The third-order valence-corrected chi connectivity index (χ3v) is 7.76. The number of benzene rings is 1. The van der Waals surface area contributed by atoms with Crippen LogP contribution >= 0.6 is 0 Å². The molecule has 2 bridgehead atoms. The molecule has 4 saturated heterocycles. The van der Waals surface area contributed by atoms with Gasteiger partial charge in [-0.1, -0.05) is 30.3 Å². The average molecular weight is 411 g/mol. The number of fused-ring (bicyclic) bond motifs is 4. The number of piperidine rings is 4. The summed E-state index contributed by atoms with van der Waals surface area (Å²) in [5.41, 5.74) is 1.14. The Labute approximate surface area is 179 Å². The summed E-state index contributed by atoms with van der Waals surface area (Å²) in [6.45, 7) is 5.49. The van der Waals surface area contributed by atoms with Crippen molar-refractivity contribution in [1.82, 2.24) is 20.0 Å². The first kappa shape index (κ1) is 19.9. The van der Waals surface area contributed by atoms with Gasteiger partial charge in [-0.3, -0.25) is 9.69 Å². The van der Waals surface area contributed by atoms with E-state index in [4.69, 9.17) is 0 Å². The Kier molecular flexibility index (Phi) is 5.68. The number of likely N-dealkylation sites (tertiary alicyclic amines) is 2. The summed E-state index contributed by atoms with van der Waals surface area (Å²) in [6.07, 6.45) is 6.43. The van der Waals surface area contributed by atoms with Crippen molar-refractivity contribution in [1.29, 1.82) is 0 Å². The number of rotatable bonds is 3. The van der Waals surface area contributed by atoms with E-state index in [0.717, 1.165) is 64.0 Å². The van der Waals surface area contributed by atoms with Crippen LogP contribution in [0.15, 0.2) is 30.3 Å². The van der Waals surface area contributed by atoms with Crippen LogP contribution in [-0.4, -0.2) is 71.4 Å². The molecule has 2 unspecified atom stereocenters. The van der Waals surface area contributed by atoms with Crippen molar-refractivity contribution in [2.75, 3.05) is 32.7 Å². The summed E-state index contributed by atoms with van der Waals surface area (Å²) in [7, 11) is 0. The van der Waals surface area contributed by atoms with E-state index in [1.807, 2.05) is 35.2 Å². The van der Waals surface area contributed by atoms with Gasteiger partial charge in [-0.05, 0) is 49.5 Å². The van der Waals surface area contributed by atoms with Gasteiger partial charge in [0.05, 0.1) is 0 Å². The number of hydrogen-bond acceptors (Lipinski definition) is 3. The van der Waals surface area contributed by atoms with Gasteiger partial charge in [-0.25, -0.2) is 4.79 Å². The predicted octanol–water partition coefficient (Wildman–Crippen LogP) is 2.69. The second-order valence-corrected chi connectivity index (χ2v) is 9.68. The molecule has 4 fully saturated rings. The van der Waals surface area contributed by atoms with Crippen molar-refractivity contribution >= 4 is 11.9 Å². The summed E-state index contributed by atoms with van der Waals surface area (Å²) < 4.78 is 0. The van der Waals surface area contributed by atoms with E-state index in [-0.39, 0.29) is 6.03 Å². The van der Waals surface area contributed by atoms with E-state index < -0.39 is 0 Å². The highest BCUT2D eigenvalue weighted by molar-refractivity contribution is 5.77. The molecule has 4 aliphatic rings. The van der Waals surface area contributed by atoms with Gasteiger partial charge in [0.1, 0.15) is 0 Å². The summed E-state index contributed by atoms with van der Waals surface area (Å²) in [5.74, 6) is 1.67. The van der Waals surface area contributed by atoms with Gasteiger partial charge in [0.25, 0.3) is 0 Å². The molecule has 0 aliphatic carbocycles. The Bertz CT molecular complexity index is 762. The molecule has 0 spiro atoms. The molecule has 0 aromatic heterocycles. The summed E-state index contributed by atoms with van der Waals surface area (Å²) in [6, 6.07) is 11.2. The van der Waals surface area contributed by atoms with Gasteiger partial charge in [-0.2, -0.15) is 0 Å². The molecule has 4 heterocycles. The first-order valence-corrected chi connectivity index (χ1v) is 11.8. The van der Waals surface area contributed by atoms with Crippen LogP contribution < -0.4 is 5.32 Å². The van der Waals surface area contributed by atoms with Crippen molar-refractivity contribution in [2.45, 2.75) is 57.2 Å². The van der Waals surface area contributed by atoms with Gasteiger partial charge < -0.3 is 15.1 Å². The van der Waals surface area contributed by atoms with Crippen molar-refractivity contribution in [3.63, 3.8) is 0 Å². The van der Waals surface area contributed by atoms with Gasteiger partial charge in [-0.15, -0.1) is 0 Å². The quantitative estimate of drug-likeness (QED) is 0.834. The number of carbonyl (C=O) groups is 2. The van der Waals surface area contributed by atoms with Gasteiger partial charge in [0.15, 0.2) is 0 Å². The molecular formula is C24H34N4O2. The van der Waals surface area contributed by atoms with Crippen molar-refractivity contribution < 1.29 is 9.59 Å². The molecule has 5 rings (SSSR count). The lowest BCUT2D eigenvalue weighted by molar-refractivity contribution is -0.145. The highest BCUT2D eigenvalue weighted by Gasteiger charge is 2.45. The topological polar surface area (TPSA) is 55.9 Å². The minimum absolute atomic E-state index is 0.0594. The fourth-order valence-electron chi connectivity index (χ4n) is 6.27.